The van der Waals surface area contributed by atoms with Crippen molar-refractivity contribution in [2.45, 2.75) is 19.6 Å². The van der Waals surface area contributed by atoms with Crippen LogP contribution in [0.4, 0.5) is 34.1 Å². The summed E-state index contributed by atoms with van der Waals surface area (Å²) in [6, 6.07) is 60.1. The van der Waals surface area contributed by atoms with Crippen LogP contribution in [0.25, 0.3) is 21.9 Å². The van der Waals surface area contributed by atoms with Crippen LogP contribution in [0.2, 0.25) is 0 Å². The van der Waals surface area contributed by atoms with Crippen molar-refractivity contribution in [3.8, 4) is 0 Å². The molecule has 0 N–H and O–H groups in total. The highest BCUT2D eigenvalue weighted by atomic mass is 32.2. The van der Waals surface area contributed by atoms with Crippen LogP contribution in [0, 0.1) is 0 Å². The van der Waals surface area contributed by atoms with Crippen LogP contribution in [-0.2, 0) is 0 Å². The minimum absolute atomic E-state index is 0.872. The molecular weight excluding hydrogens is 613 g/mol. The Morgan fingerprint density at radius 3 is 1.57 bits per heavy atom. The molecule has 1 aliphatic rings. The maximum atomic E-state index is 6.38. The third kappa shape index (κ3) is 4.96. The molecule has 0 saturated carbocycles. The Morgan fingerprint density at radius 2 is 0.915 bits per heavy atom. The second-order valence-electron chi connectivity index (χ2n) is 11.4. The van der Waals surface area contributed by atoms with E-state index in [2.05, 4.69) is 168 Å². The van der Waals surface area contributed by atoms with E-state index in [1.807, 2.05) is 35.7 Å². The summed E-state index contributed by atoms with van der Waals surface area (Å²) in [4.78, 5) is 9.78. The van der Waals surface area contributed by atoms with Crippen LogP contribution in [0.5, 0.6) is 0 Å². The lowest BCUT2D eigenvalue weighted by Gasteiger charge is -2.33. The van der Waals surface area contributed by atoms with E-state index in [0.717, 1.165) is 56.1 Å². The van der Waals surface area contributed by atoms with Crippen molar-refractivity contribution >= 4 is 79.6 Å². The number of hydrogen-bond acceptors (Lipinski definition) is 5. The van der Waals surface area contributed by atoms with E-state index in [1.165, 1.54) is 19.6 Å². The first-order valence-corrected chi connectivity index (χ1v) is 17.2. The Labute approximate surface area is 282 Å². The molecule has 0 spiro atoms. The van der Waals surface area contributed by atoms with E-state index in [4.69, 9.17) is 4.42 Å². The predicted molar refractivity (Wildman–Crippen MR) is 198 cm³/mol. The molecule has 0 amide bonds. The third-order valence-corrected chi connectivity index (χ3v) is 11.1. The summed E-state index contributed by atoms with van der Waals surface area (Å²) < 4.78 is 6.38. The number of fused-ring (bicyclic) bond motifs is 5. The summed E-state index contributed by atoms with van der Waals surface area (Å²) in [6.07, 6.45) is 0. The summed E-state index contributed by atoms with van der Waals surface area (Å²) in [7, 11) is 0. The molecule has 0 atom stereocenters. The van der Waals surface area contributed by atoms with Crippen LogP contribution in [0.3, 0.4) is 0 Å². The number of benzene rings is 7. The molecule has 0 bridgehead atoms. The maximum absolute atomic E-state index is 6.38. The Bertz CT molecular complexity index is 2330. The molecule has 3 nitrogen and oxygen atoms in total. The van der Waals surface area contributed by atoms with Gasteiger partial charge in [-0.3, -0.25) is 0 Å². The SMILES string of the molecule is c1ccc(N(c2ccccc2)c2cc(N(c3ccccc3)c3cccc4oc5ccccc5c34)cc3c2Sc2ccccc2S3)cc1. The molecule has 5 heteroatoms. The Hall–Kier alpha value is -5.36. The van der Waals surface area contributed by atoms with E-state index in [-0.39, 0.29) is 0 Å². The van der Waals surface area contributed by atoms with Gasteiger partial charge in [0, 0.05) is 42.8 Å². The van der Waals surface area contributed by atoms with Gasteiger partial charge in [-0.05, 0) is 78.9 Å². The van der Waals surface area contributed by atoms with Crippen molar-refractivity contribution in [2.24, 2.45) is 0 Å². The highest BCUT2D eigenvalue weighted by Crippen LogP contribution is 2.56. The molecule has 7 aromatic carbocycles. The Morgan fingerprint density at radius 1 is 0.383 bits per heavy atom. The highest BCUT2D eigenvalue weighted by Gasteiger charge is 2.28. The summed E-state index contributed by atoms with van der Waals surface area (Å²) in [5.74, 6) is 0. The van der Waals surface area contributed by atoms with E-state index < -0.39 is 0 Å². The van der Waals surface area contributed by atoms with Crippen LogP contribution in [0.15, 0.2) is 194 Å². The zero-order valence-electron chi connectivity index (χ0n) is 25.3. The second kappa shape index (κ2) is 11.8. The van der Waals surface area contributed by atoms with Gasteiger partial charge < -0.3 is 14.2 Å². The van der Waals surface area contributed by atoms with Gasteiger partial charge in [0.2, 0.25) is 0 Å². The number of furan rings is 1. The summed E-state index contributed by atoms with van der Waals surface area (Å²) in [5.41, 5.74) is 8.33. The van der Waals surface area contributed by atoms with Crippen LogP contribution in [-0.4, -0.2) is 0 Å². The van der Waals surface area contributed by atoms with E-state index in [0.29, 0.717) is 0 Å². The number of rotatable bonds is 6. The van der Waals surface area contributed by atoms with Gasteiger partial charge in [0.15, 0.2) is 0 Å². The number of anilines is 6. The fraction of sp³-hybridized carbons (Fsp3) is 0. The van der Waals surface area contributed by atoms with Crippen molar-refractivity contribution in [3.05, 3.63) is 170 Å². The highest BCUT2D eigenvalue weighted by molar-refractivity contribution is 8.05. The predicted octanol–water partition coefficient (Wildman–Crippen LogP) is 13.1. The fourth-order valence-electron chi connectivity index (χ4n) is 6.42. The average molecular weight is 641 g/mol. The molecule has 0 unspecified atom stereocenters. The molecule has 1 aromatic heterocycles. The fourth-order valence-corrected chi connectivity index (χ4v) is 8.80. The lowest BCUT2D eigenvalue weighted by Crippen LogP contribution is -2.15. The van der Waals surface area contributed by atoms with Gasteiger partial charge in [0.1, 0.15) is 11.2 Å². The molecule has 47 heavy (non-hydrogen) atoms. The monoisotopic (exact) mass is 640 g/mol. The van der Waals surface area contributed by atoms with Gasteiger partial charge in [0.05, 0.1) is 21.7 Å². The first-order valence-electron chi connectivity index (χ1n) is 15.6. The molecule has 0 radical (unpaired) electrons. The van der Waals surface area contributed by atoms with E-state index in [9.17, 15) is 0 Å². The lowest BCUT2D eigenvalue weighted by atomic mass is 10.1. The molecule has 1 aliphatic heterocycles. The lowest BCUT2D eigenvalue weighted by molar-refractivity contribution is 0.669. The van der Waals surface area contributed by atoms with Crippen molar-refractivity contribution in [3.63, 3.8) is 0 Å². The van der Waals surface area contributed by atoms with Gasteiger partial charge in [-0.2, -0.15) is 0 Å². The molecule has 8 aromatic rings. The summed E-state index contributed by atoms with van der Waals surface area (Å²) in [5, 5.41) is 2.20. The van der Waals surface area contributed by atoms with Gasteiger partial charge in [-0.1, -0.05) is 115 Å². The third-order valence-electron chi connectivity index (χ3n) is 8.46. The Balaban J connectivity index is 1.35. The first-order chi connectivity index (χ1) is 23.3. The van der Waals surface area contributed by atoms with Crippen LogP contribution < -0.4 is 9.80 Å². The number of para-hydroxylation sites is 4. The minimum Gasteiger partial charge on any atom is -0.456 e. The molecule has 224 valence electrons. The zero-order valence-corrected chi connectivity index (χ0v) is 26.9. The van der Waals surface area contributed by atoms with Gasteiger partial charge in [-0.25, -0.2) is 0 Å². The molecule has 9 rings (SSSR count). The van der Waals surface area contributed by atoms with Crippen LogP contribution in [0.1, 0.15) is 0 Å². The molecular formula is C42H28N2OS2. The van der Waals surface area contributed by atoms with Gasteiger partial charge >= 0.3 is 0 Å². The van der Waals surface area contributed by atoms with Crippen molar-refractivity contribution < 1.29 is 4.42 Å². The van der Waals surface area contributed by atoms with Crippen LogP contribution >= 0.6 is 23.5 Å². The summed E-state index contributed by atoms with van der Waals surface area (Å²) >= 11 is 3.69. The molecule has 0 saturated heterocycles. The maximum Gasteiger partial charge on any atom is 0.137 e. The first kappa shape index (κ1) is 27.9. The standard InChI is InChI=1S/C42H28N2OS2/c1-4-15-29(16-5-1)43(30-17-6-2-7-18-30)35-27-32(28-40-42(35)47-39-26-13-12-25-38(39)46-40)44(31-19-8-3-9-20-31)34-22-14-24-37-41(34)33-21-10-11-23-36(33)45-37/h1-28H. The topological polar surface area (TPSA) is 19.6 Å². The normalized spacial score (nSPS) is 12.1. The summed E-state index contributed by atoms with van der Waals surface area (Å²) in [6.45, 7) is 0. The van der Waals surface area contributed by atoms with E-state index >= 15 is 0 Å². The molecule has 0 aliphatic carbocycles. The molecule has 2 heterocycles. The van der Waals surface area contributed by atoms with Gasteiger partial charge in [-0.15, -0.1) is 0 Å². The number of nitrogens with zero attached hydrogens (tertiary/aromatic N) is 2. The van der Waals surface area contributed by atoms with Crippen molar-refractivity contribution in [1.82, 2.24) is 0 Å². The van der Waals surface area contributed by atoms with E-state index in [1.54, 1.807) is 0 Å². The zero-order chi connectivity index (χ0) is 31.2. The van der Waals surface area contributed by atoms with Crippen molar-refractivity contribution in [1.29, 1.82) is 0 Å². The second-order valence-corrected chi connectivity index (χ2v) is 13.5. The molecule has 0 fully saturated rings. The van der Waals surface area contributed by atoms with Crippen molar-refractivity contribution in [2.75, 3.05) is 9.80 Å². The minimum atomic E-state index is 0.872. The number of hydrogen-bond donors (Lipinski definition) is 0. The smallest absolute Gasteiger partial charge is 0.137 e. The van der Waals surface area contributed by atoms with Gasteiger partial charge in [0.25, 0.3) is 0 Å². The average Bonchev–Trinajstić information content (AvgIpc) is 3.52. The Kier molecular flexibility index (Phi) is 6.99. The largest absolute Gasteiger partial charge is 0.456 e. The quantitative estimate of drug-likeness (QED) is 0.180.